The van der Waals surface area contributed by atoms with Crippen molar-refractivity contribution < 1.29 is 12.8 Å². The second-order valence-corrected chi connectivity index (χ2v) is 7.71. The third kappa shape index (κ3) is 4.10. The molecule has 0 atom stereocenters. The molecule has 0 aliphatic rings. The Hall–Kier alpha value is -3.11. The number of anilines is 1. The van der Waals surface area contributed by atoms with Gasteiger partial charge in [0.1, 0.15) is 5.82 Å². The lowest BCUT2D eigenvalue weighted by Gasteiger charge is -2.07. The van der Waals surface area contributed by atoms with E-state index in [1.165, 1.54) is 42.5 Å². The first kappa shape index (κ1) is 17.7. The lowest BCUT2D eigenvalue weighted by molar-refractivity contribution is 0.593. The molecule has 0 aliphatic heterocycles. The molecule has 132 valence electrons. The van der Waals surface area contributed by atoms with Crippen molar-refractivity contribution in [1.82, 2.24) is 9.78 Å². The Balaban J connectivity index is 1.99. The van der Waals surface area contributed by atoms with Crippen molar-refractivity contribution in [3.05, 3.63) is 77.4 Å². The molecule has 5 nitrogen and oxygen atoms in total. The van der Waals surface area contributed by atoms with Gasteiger partial charge in [0.05, 0.1) is 16.3 Å². The van der Waals surface area contributed by atoms with Crippen LogP contribution < -0.4 is 5.73 Å². The molecule has 3 aromatic rings. The Bertz CT molecular complexity index is 1110. The van der Waals surface area contributed by atoms with Crippen LogP contribution in [-0.2, 0) is 22.6 Å². The third-order valence-electron chi connectivity index (χ3n) is 3.63. The van der Waals surface area contributed by atoms with E-state index in [0.717, 1.165) is 0 Å². The predicted molar refractivity (Wildman–Crippen MR) is 97.3 cm³/mol. The van der Waals surface area contributed by atoms with E-state index in [2.05, 4.69) is 16.9 Å². The predicted octanol–water partition coefficient (Wildman–Crippen LogP) is 2.52. The molecule has 1 heterocycles. The minimum atomic E-state index is -3.65. The zero-order valence-electron chi connectivity index (χ0n) is 14.0. The molecular formula is C19H16FN3O2S. The maximum Gasteiger partial charge on any atom is 0.185 e. The minimum Gasteiger partial charge on any atom is -0.399 e. The Morgan fingerprint density at radius 2 is 1.85 bits per heavy atom. The summed E-state index contributed by atoms with van der Waals surface area (Å²) in [4.78, 5) is 0.0898. The van der Waals surface area contributed by atoms with Crippen molar-refractivity contribution >= 4 is 15.5 Å². The molecule has 7 heteroatoms. The molecular weight excluding hydrogens is 353 g/mol. The first-order valence-electron chi connectivity index (χ1n) is 7.72. The molecule has 0 amide bonds. The van der Waals surface area contributed by atoms with Crippen molar-refractivity contribution in [3.8, 4) is 11.8 Å². The highest BCUT2D eigenvalue weighted by molar-refractivity contribution is 7.90. The van der Waals surface area contributed by atoms with E-state index in [1.54, 1.807) is 24.0 Å². The van der Waals surface area contributed by atoms with Crippen LogP contribution in [0.3, 0.4) is 0 Å². The van der Waals surface area contributed by atoms with Crippen molar-refractivity contribution in [2.45, 2.75) is 10.6 Å². The molecule has 0 fully saturated rings. The van der Waals surface area contributed by atoms with Gasteiger partial charge in [0.15, 0.2) is 9.84 Å². The summed E-state index contributed by atoms with van der Waals surface area (Å²) in [7, 11) is -1.93. The lowest BCUT2D eigenvalue weighted by atomic mass is 10.1. The van der Waals surface area contributed by atoms with E-state index in [1.807, 2.05) is 0 Å². The molecule has 3 rings (SSSR count). The number of nitrogens with two attached hydrogens (primary N) is 1. The average Bonchev–Trinajstić information content (AvgIpc) is 2.98. The molecule has 0 unspecified atom stereocenters. The van der Waals surface area contributed by atoms with E-state index < -0.39 is 9.84 Å². The van der Waals surface area contributed by atoms with Crippen molar-refractivity contribution in [1.29, 1.82) is 0 Å². The van der Waals surface area contributed by atoms with Crippen LogP contribution in [0.15, 0.2) is 59.6 Å². The van der Waals surface area contributed by atoms with Crippen LogP contribution in [0.2, 0.25) is 0 Å². The number of hydrogen-bond donors (Lipinski definition) is 1. The molecule has 0 bridgehead atoms. The maximum atomic E-state index is 13.0. The van der Waals surface area contributed by atoms with Gasteiger partial charge in [-0.15, -0.1) is 0 Å². The van der Waals surface area contributed by atoms with Gasteiger partial charge in [-0.1, -0.05) is 11.8 Å². The van der Waals surface area contributed by atoms with Gasteiger partial charge < -0.3 is 5.73 Å². The van der Waals surface area contributed by atoms with Gasteiger partial charge in [0, 0.05) is 30.1 Å². The largest absolute Gasteiger partial charge is 0.399 e. The van der Waals surface area contributed by atoms with Crippen LogP contribution in [0.5, 0.6) is 0 Å². The zero-order chi connectivity index (χ0) is 18.7. The van der Waals surface area contributed by atoms with Crippen LogP contribution in [0, 0.1) is 17.7 Å². The van der Waals surface area contributed by atoms with Gasteiger partial charge in [-0.05, 0) is 48.5 Å². The molecule has 2 N–H and O–H groups in total. The number of hydrogen-bond acceptors (Lipinski definition) is 4. The smallest absolute Gasteiger partial charge is 0.185 e. The standard InChI is InChI=1S/C19H16FN3O2S/c1-23-11-10-18(22-23)13-26(24,25)19-9-8-17(21)12-15(19)5-2-14-3-6-16(20)7-4-14/h3-4,6-12H,13,21H2,1H3. The number of nitrogens with zero attached hydrogens (tertiary/aromatic N) is 2. The highest BCUT2D eigenvalue weighted by atomic mass is 32.2. The number of nitrogen functional groups attached to an aromatic ring is 1. The van der Waals surface area contributed by atoms with Crippen LogP contribution >= 0.6 is 0 Å². The molecule has 1 aromatic heterocycles. The third-order valence-corrected chi connectivity index (χ3v) is 5.33. The molecule has 0 radical (unpaired) electrons. The second kappa shape index (κ2) is 7.02. The second-order valence-electron chi connectivity index (χ2n) is 5.75. The van der Waals surface area contributed by atoms with Crippen LogP contribution in [0.25, 0.3) is 0 Å². The fourth-order valence-corrected chi connectivity index (χ4v) is 3.82. The number of aryl methyl sites for hydroxylation is 1. The molecule has 2 aromatic carbocycles. The van der Waals surface area contributed by atoms with Gasteiger partial charge in [0.25, 0.3) is 0 Å². The maximum absolute atomic E-state index is 13.0. The van der Waals surface area contributed by atoms with E-state index in [0.29, 0.717) is 22.5 Å². The Labute approximate surface area is 151 Å². The van der Waals surface area contributed by atoms with E-state index in [9.17, 15) is 12.8 Å². The number of benzene rings is 2. The first-order chi connectivity index (χ1) is 12.3. The summed E-state index contributed by atoms with van der Waals surface area (Å²) in [6.07, 6.45) is 1.68. The van der Waals surface area contributed by atoms with Gasteiger partial charge in [-0.25, -0.2) is 12.8 Å². The summed E-state index contributed by atoms with van der Waals surface area (Å²) in [5, 5.41) is 4.11. The van der Waals surface area contributed by atoms with Crippen LogP contribution in [-0.4, -0.2) is 18.2 Å². The molecule has 0 aliphatic carbocycles. The highest BCUT2D eigenvalue weighted by Crippen LogP contribution is 2.22. The van der Waals surface area contributed by atoms with Crippen molar-refractivity contribution in [3.63, 3.8) is 0 Å². The zero-order valence-corrected chi connectivity index (χ0v) is 14.8. The van der Waals surface area contributed by atoms with E-state index in [-0.39, 0.29) is 16.5 Å². The molecule has 26 heavy (non-hydrogen) atoms. The summed E-state index contributed by atoms with van der Waals surface area (Å²) in [6.45, 7) is 0. The normalized spacial score (nSPS) is 11.0. The van der Waals surface area contributed by atoms with Crippen molar-refractivity contribution in [2.24, 2.45) is 7.05 Å². The topological polar surface area (TPSA) is 78.0 Å². The fraction of sp³-hybridized carbons (Fsp3) is 0.105. The van der Waals surface area contributed by atoms with Crippen LogP contribution in [0.1, 0.15) is 16.8 Å². The minimum absolute atomic E-state index is 0.0898. The van der Waals surface area contributed by atoms with E-state index in [4.69, 9.17) is 5.73 Å². The number of rotatable bonds is 3. The van der Waals surface area contributed by atoms with Gasteiger partial charge >= 0.3 is 0 Å². The SMILES string of the molecule is Cn1ccc(CS(=O)(=O)c2ccc(N)cc2C#Cc2ccc(F)cc2)n1. The average molecular weight is 369 g/mol. The van der Waals surface area contributed by atoms with E-state index >= 15 is 0 Å². The summed E-state index contributed by atoms with van der Waals surface area (Å²) >= 11 is 0. The summed E-state index contributed by atoms with van der Waals surface area (Å²) < 4.78 is 40.1. The number of aromatic nitrogens is 2. The summed E-state index contributed by atoms with van der Waals surface area (Å²) in [6, 6.07) is 11.8. The summed E-state index contributed by atoms with van der Waals surface area (Å²) in [5.74, 6) is 5.07. The Morgan fingerprint density at radius 1 is 1.12 bits per heavy atom. The molecule has 0 spiro atoms. The lowest BCUT2D eigenvalue weighted by Crippen LogP contribution is -2.08. The summed E-state index contributed by atoms with van der Waals surface area (Å²) in [5.41, 5.74) is 7.51. The number of sulfone groups is 1. The quantitative estimate of drug-likeness (QED) is 0.568. The highest BCUT2D eigenvalue weighted by Gasteiger charge is 2.20. The Kier molecular flexibility index (Phi) is 4.78. The van der Waals surface area contributed by atoms with Gasteiger partial charge in [-0.3, -0.25) is 4.68 Å². The Morgan fingerprint density at radius 3 is 2.50 bits per heavy atom. The van der Waals surface area contributed by atoms with Gasteiger partial charge in [-0.2, -0.15) is 5.10 Å². The molecule has 0 saturated carbocycles. The fourth-order valence-electron chi connectivity index (χ4n) is 2.40. The first-order valence-corrected chi connectivity index (χ1v) is 9.37. The molecule has 0 saturated heterocycles. The van der Waals surface area contributed by atoms with Gasteiger partial charge in [0.2, 0.25) is 0 Å². The number of halogens is 1. The van der Waals surface area contributed by atoms with Crippen molar-refractivity contribution in [2.75, 3.05) is 5.73 Å². The monoisotopic (exact) mass is 369 g/mol. The van der Waals surface area contributed by atoms with Crippen LogP contribution in [0.4, 0.5) is 10.1 Å².